The zero-order valence-corrected chi connectivity index (χ0v) is 17.4. The Kier molecular flexibility index (Phi) is 4.98. The SMILES string of the molecule is C[C@@H](NC(=O)c1cnn2c1N[C@H](c1ccccc1)C[C@@H]2C(F)(F)F)[C@H]1C[C@@H]2CC[C@@H]1C2. The Morgan fingerprint density at radius 1 is 1.19 bits per heavy atom. The Bertz CT molecular complexity index is 957. The lowest BCUT2D eigenvalue weighted by molar-refractivity contribution is -0.173. The molecule has 0 spiro atoms. The van der Waals surface area contributed by atoms with Gasteiger partial charge >= 0.3 is 6.18 Å². The van der Waals surface area contributed by atoms with E-state index in [0.717, 1.165) is 22.6 Å². The van der Waals surface area contributed by atoms with Crippen LogP contribution >= 0.6 is 0 Å². The molecule has 2 fully saturated rings. The van der Waals surface area contributed by atoms with Gasteiger partial charge in [-0.2, -0.15) is 18.3 Å². The maximum absolute atomic E-state index is 13.8. The number of nitrogens with zero attached hydrogens (tertiary/aromatic N) is 2. The quantitative estimate of drug-likeness (QED) is 0.707. The summed E-state index contributed by atoms with van der Waals surface area (Å²) in [5.74, 6) is 1.64. The van der Waals surface area contributed by atoms with Gasteiger partial charge in [0, 0.05) is 12.5 Å². The average Bonchev–Trinajstić information content (AvgIpc) is 3.48. The van der Waals surface area contributed by atoms with E-state index in [-0.39, 0.29) is 29.8 Å². The number of benzene rings is 1. The van der Waals surface area contributed by atoms with Crippen LogP contribution in [0.15, 0.2) is 36.5 Å². The van der Waals surface area contributed by atoms with Crippen LogP contribution in [-0.4, -0.2) is 27.9 Å². The highest BCUT2D eigenvalue weighted by Gasteiger charge is 2.47. The number of carbonyl (C=O) groups excluding carboxylic acids is 1. The van der Waals surface area contributed by atoms with E-state index in [4.69, 9.17) is 0 Å². The van der Waals surface area contributed by atoms with E-state index in [1.54, 1.807) is 24.3 Å². The van der Waals surface area contributed by atoms with Crippen LogP contribution < -0.4 is 10.6 Å². The van der Waals surface area contributed by atoms with Crippen LogP contribution in [0.4, 0.5) is 19.0 Å². The number of carbonyl (C=O) groups is 1. The van der Waals surface area contributed by atoms with E-state index >= 15 is 0 Å². The summed E-state index contributed by atoms with van der Waals surface area (Å²) in [6, 6.07) is 6.69. The topological polar surface area (TPSA) is 59.0 Å². The summed E-state index contributed by atoms with van der Waals surface area (Å²) in [4.78, 5) is 13.1. The Morgan fingerprint density at radius 2 is 1.97 bits per heavy atom. The van der Waals surface area contributed by atoms with Crippen molar-refractivity contribution in [1.29, 1.82) is 0 Å². The molecule has 2 bridgehead atoms. The molecule has 2 aliphatic carbocycles. The third-order valence-electron chi connectivity index (χ3n) is 7.48. The number of amides is 1. The first-order valence-electron chi connectivity index (χ1n) is 11.1. The van der Waals surface area contributed by atoms with Crippen LogP contribution in [0, 0.1) is 17.8 Å². The third-order valence-corrected chi connectivity index (χ3v) is 7.48. The molecule has 166 valence electrons. The molecule has 1 aromatic heterocycles. The minimum atomic E-state index is -4.46. The van der Waals surface area contributed by atoms with Gasteiger partial charge in [-0.3, -0.25) is 4.79 Å². The fraction of sp³-hybridized carbons (Fsp3) is 0.565. The van der Waals surface area contributed by atoms with Crippen LogP contribution in [0.2, 0.25) is 0 Å². The maximum Gasteiger partial charge on any atom is 0.410 e. The molecule has 8 heteroatoms. The van der Waals surface area contributed by atoms with Gasteiger partial charge in [-0.1, -0.05) is 36.8 Å². The molecule has 1 amide bonds. The Hall–Kier alpha value is -2.51. The van der Waals surface area contributed by atoms with Crippen molar-refractivity contribution >= 4 is 11.7 Å². The summed E-state index contributed by atoms with van der Waals surface area (Å²) in [5.41, 5.74) is 0.927. The van der Waals surface area contributed by atoms with Crippen LogP contribution in [0.3, 0.4) is 0 Å². The standard InChI is InChI=1S/C23H27F3N4O/c1-13(17-10-14-7-8-16(17)9-14)28-22(31)18-12-27-30-20(23(24,25)26)11-19(29-21(18)30)15-5-3-2-4-6-15/h2-6,12-14,16-17,19-20,29H,7-11H2,1H3,(H,28,31)/t13-,14-,16-,17-,19+,20-/m1/s1. The number of fused-ring (bicyclic) bond motifs is 3. The lowest BCUT2D eigenvalue weighted by Crippen LogP contribution is -2.41. The second kappa shape index (κ2) is 7.57. The number of anilines is 1. The Balaban J connectivity index is 1.40. The maximum atomic E-state index is 13.8. The molecule has 1 aliphatic heterocycles. The highest BCUT2D eigenvalue weighted by atomic mass is 19.4. The molecule has 0 radical (unpaired) electrons. The molecule has 31 heavy (non-hydrogen) atoms. The predicted octanol–water partition coefficient (Wildman–Crippen LogP) is 5.10. The summed E-state index contributed by atoms with van der Waals surface area (Å²) in [5, 5.41) is 10.2. The molecule has 1 aromatic carbocycles. The number of hydrogen-bond donors (Lipinski definition) is 2. The molecule has 2 aromatic rings. The lowest BCUT2D eigenvalue weighted by Gasteiger charge is -2.34. The summed E-state index contributed by atoms with van der Waals surface area (Å²) in [6.07, 6.45) is 1.49. The Labute approximate surface area is 179 Å². The van der Waals surface area contributed by atoms with Crippen molar-refractivity contribution < 1.29 is 18.0 Å². The lowest BCUT2D eigenvalue weighted by atomic mass is 9.84. The smallest absolute Gasteiger partial charge is 0.363 e. The Morgan fingerprint density at radius 3 is 2.61 bits per heavy atom. The summed E-state index contributed by atoms with van der Waals surface area (Å²) in [7, 11) is 0. The van der Waals surface area contributed by atoms with Gasteiger partial charge in [0.05, 0.1) is 12.2 Å². The number of halogens is 3. The second-order valence-electron chi connectivity index (χ2n) is 9.35. The molecule has 2 saturated carbocycles. The highest BCUT2D eigenvalue weighted by molar-refractivity contribution is 5.99. The second-order valence-corrected chi connectivity index (χ2v) is 9.35. The third kappa shape index (κ3) is 3.70. The average molecular weight is 432 g/mol. The molecule has 3 aliphatic rings. The van der Waals surface area contributed by atoms with E-state index in [1.807, 2.05) is 13.0 Å². The minimum absolute atomic E-state index is 0.00901. The van der Waals surface area contributed by atoms with Crippen molar-refractivity contribution in [3.05, 3.63) is 47.7 Å². The van der Waals surface area contributed by atoms with E-state index in [0.29, 0.717) is 11.8 Å². The zero-order valence-electron chi connectivity index (χ0n) is 17.4. The van der Waals surface area contributed by atoms with Gasteiger partial charge in [0.2, 0.25) is 0 Å². The van der Waals surface area contributed by atoms with Crippen molar-refractivity contribution in [3.8, 4) is 0 Å². The number of nitrogens with one attached hydrogen (secondary N) is 2. The fourth-order valence-electron chi connectivity index (χ4n) is 5.93. The predicted molar refractivity (Wildman–Crippen MR) is 111 cm³/mol. The van der Waals surface area contributed by atoms with Gasteiger partial charge in [0.15, 0.2) is 6.04 Å². The first-order chi connectivity index (χ1) is 14.8. The molecule has 0 saturated heterocycles. The van der Waals surface area contributed by atoms with Gasteiger partial charge in [-0.15, -0.1) is 0 Å². The fourth-order valence-corrected chi connectivity index (χ4v) is 5.93. The van der Waals surface area contributed by atoms with Gasteiger partial charge < -0.3 is 10.6 Å². The number of hydrogen-bond acceptors (Lipinski definition) is 3. The molecule has 5 nitrogen and oxygen atoms in total. The first kappa shape index (κ1) is 20.4. The highest BCUT2D eigenvalue weighted by Crippen LogP contribution is 2.49. The molecule has 5 rings (SSSR count). The van der Waals surface area contributed by atoms with Gasteiger partial charge in [-0.25, -0.2) is 4.68 Å². The van der Waals surface area contributed by atoms with E-state index in [1.165, 1.54) is 25.5 Å². The molecule has 0 unspecified atom stereocenters. The van der Waals surface area contributed by atoms with Crippen LogP contribution in [0.25, 0.3) is 0 Å². The zero-order chi connectivity index (χ0) is 21.8. The molecule has 6 atom stereocenters. The van der Waals surface area contributed by atoms with Crippen molar-refractivity contribution in [2.24, 2.45) is 17.8 Å². The number of aromatic nitrogens is 2. The van der Waals surface area contributed by atoms with Crippen LogP contribution in [0.5, 0.6) is 0 Å². The van der Waals surface area contributed by atoms with Crippen molar-refractivity contribution in [1.82, 2.24) is 15.1 Å². The van der Waals surface area contributed by atoms with Crippen molar-refractivity contribution in [2.75, 3.05) is 5.32 Å². The minimum Gasteiger partial charge on any atom is -0.363 e. The number of alkyl halides is 3. The molecule has 2 N–H and O–H groups in total. The van der Waals surface area contributed by atoms with E-state index < -0.39 is 18.3 Å². The van der Waals surface area contributed by atoms with Gasteiger partial charge in [0.1, 0.15) is 11.4 Å². The normalized spacial score (nSPS) is 30.5. The van der Waals surface area contributed by atoms with Gasteiger partial charge in [0.25, 0.3) is 5.91 Å². The molecule has 2 heterocycles. The van der Waals surface area contributed by atoms with Crippen molar-refractivity contribution in [3.63, 3.8) is 0 Å². The van der Waals surface area contributed by atoms with Gasteiger partial charge in [-0.05, 0) is 49.5 Å². The van der Waals surface area contributed by atoms with Crippen molar-refractivity contribution in [2.45, 2.75) is 63.3 Å². The monoisotopic (exact) mass is 432 g/mol. The summed E-state index contributed by atoms with van der Waals surface area (Å²) in [6.45, 7) is 2.01. The van der Waals surface area contributed by atoms with Crippen LogP contribution in [-0.2, 0) is 0 Å². The van der Waals surface area contributed by atoms with E-state index in [9.17, 15) is 18.0 Å². The van der Waals surface area contributed by atoms with E-state index in [2.05, 4.69) is 15.7 Å². The largest absolute Gasteiger partial charge is 0.410 e. The molecular formula is C23H27F3N4O. The number of rotatable bonds is 4. The summed E-state index contributed by atoms with van der Waals surface area (Å²) >= 11 is 0. The first-order valence-corrected chi connectivity index (χ1v) is 11.1. The van der Waals surface area contributed by atoms with Crippen LogP contribution in [0.1, 0.15) is 67.0 Å². The molecular weight excluding hydrogens is 405 g/mol. The summed E-state index contributed by atoms with van der Waals surface area (Å²) < 4.78 is 42.4.